The van der Waals surface area contributed by atoms with E-state index in [2.05, 4.69) is 20.6 Å². The average molecular weight is 334 g/mol. The van der Waals surface area contributed by atoms with Crippen molar-refractivity contribution in [2.45, 2.75) is 18.9 Å². The maximum atomic E-state index is 14.0. The minimum absolute atomic E-state index is 0.0451. The molecular formula is C16H19FN4O3. The Kier molecular flexibility index (Phi) is 5.64. The zero-order chi connectivity index (χ0) is 17.6. The van der Waals surface area contributed by atoms with E-state index in [9.17, 15) is 14.0 Å². The molecule has 2 amide bonds. The van der Waals surface area contributed by atoms with Gasteiger partial charge < -0.3 is 15.0 Å². The monoisotopic (exact) mass is 334 g/mol. The molecule has 24 heavy (non-hydrogen) atoms. The van der Waals surface area contributed by atoms with Crippen molar-refractivity contribution >= 4 is 17.8 Å². The highest BCUT2D eigenvalue weighted by Gasteiger charge is 2.37. The van der Waals surface area contributed by atoms with Crippen molar-refractivity contribution in [2.24, 2.45) is 0 Å². The minimum atomic E-state index is -1.48. The van der Waals surface area contributed by atoms with Gasteiger partial charge in [0.05, 0.1) is 0 Å². The molecule has 128 valence electrons. The van der Waals surface area contributed by atoms with Crippen LogP contribution in [0.4, 0.5) is 10.3 Å². The molecule has 0 aliphatic heterocycles. The van der Waals surface area contributed by atoms with Gasteiger partial charge in [0.25, 0.3) is 5.91 Å². The third-order valence-corrected chi connectivity index (χ3v) is 3.62. The quantitative estimate of drug-likeness (QED) is 0.716. The number of hydrogen-bond donors (Lipinski definition) is 3. The van der Waals surface area contributed by atoms with E-state index < -0.39 is 17.3 Å². The molecule has 1 atom stereocenters. The van der Waals surface area contributed by atoms with Crippen LogP contribution in [0.5, 0.6) is 0 Å². The smallest absolute Gasteiger partial charge is 0.256 e. The van der Waals surface area contributed by atoms with Crippen molar-refractivity contribution < 1.29 is 18.7 Å². The van der Waals surface area contributed by atoms with Crippen molar-refractivity contribution in [1.82, 2.24) is 15.3 Å². The summed E-state index contributed by atoms with van der Waals surface area (Å²) in [7, 11) is 1.33. The Morgan fingerprint density at radius 3 is 2.75 bits per heavy atom. The molecule has 1 unspecified atom stereocenters. The van der Waals surface area contributed by atoms with Crippen molar-refractivity contribution in [3.63, 3.8) is 0 Å². The lowest BCUT2D eigenvalue weighted by molar-refractivity contribution is -0.143. The van der Waals surface area contributed by atoms with Gasteiger partial charge in [-0.15, -0.1) is 0 Å². The van der Waals surface area contributed by atoms with Crippen molar-refractivity contribution in [3.05, 3.63) is 48.0 Å². The van der Waals surface area contributed by atoms with Crippen LogP contribution in [0.15, 0.2) is 36.7 Å². The molecule has 1 aromatic heterocycles. The van der Waals surface area contributed by atoms with Gasteiger partial charge in [-0.2, -0.15) is 0 Å². The van der Waals surface area contributed by atoms with E-state index in [1.165, 1.54) is 38.4 Å². The molecule has 0 radical (unpaired) electrons. The number of amides is 2. The van der Waals surface area contributed by atoms with Gasteiger partial charge >= 0.3 is 0 Å². The highest BCUT2D eigenvalue weighted by atomic mass is 19.1. The topological polar surface area (TPSA) is 96.1 Å². The SMILES string of the molecule is COC(C)(C(=O)NCCC(=O)Nc1ncc[nH]1)c1ccccc1F. The number of aromatic nitrogens is 2. The van der Waals surface area contributed by atoms with Crippen molar-refractivity contribution in [1.29, 1.82) is 0 Å². The second-order valence-corrected chi connectivity index (χ2v) is 5.21. The lowest BCUT2D eigenvalue weighted by Gasteiger charge is -2.27. The number of H-pyrrole nitrogens is 1. The summed E-state index contributed by atoms with van der Waals surface area (Å²) in [6, 6.07) is 5.91. The summed E-state index contributed by atoms with van der Waals surface area (Å²) in [6.07, 6.45) is 3.13. The number of carbonyl (C=O) groups excluding carboxylic acids is 2. The molecular weight excluding hydrogens is 315 g/mol. The number of hydrogen-bond acceptors (Lipinski definition) is 4. The number of nitrogens with zero attached hydrogens (tertiary/aromatic N) is 1. The molecule has 3 N–H and O–H groups in total. The van der Waals surface area contributed by atoms with Gasteiger partial charge in [0, 0.05) is 38.0 Å². The van der Waals surface area contributed by atoms with Gasteiger partial charge in [-0.05, 0) is 13.0 Å². The number of ether oxygens (including phenoxy) is 1. The van der Waals surface area contributed by atoms with Crippen LogP contribution in [0, 0.1) is 5.82 Å². The molecule has 1 aromatic carbocycles. The predicted molar refractivity (Wildman–Crippen MR) is 85.6 cm³/mol. The normalized spacial score (nSPS) is 13.1. The Bertz CT molecular complexity index is 705. The summed E-state index contributed by atoms with van der Waals surface area (Å²) in [4.78, 5) is 30.7. The lowest BCUT2D eigenvalue weighted by atomic mass is 9.94. The Balaban J connectivity index is 1.92. The van der Waals surface area contributed by atoms with Gasteiger partial charge in [-0.3, -0.25) is 14.9 Å². The second-order valence-electron chi connectivity index (χ2n) is 5.21. The van der Waals surface area contributed by atoms with E-state index in [0.29, 0.717) is 5.95 Å². The molecule has 0 spiro atoms. The third-order valence-electron chi connectivity index (χ3n) is 3.62. The van der Waals surface area contributed by atoms with E-state index in [1.807, 2.05) is 0 Å². The van der Waals surface area contributed by atoms with Crippen molar-refractivity contribution in [3.8, 4) is 0 Å². The Morgan fingerprint density at radius 1 is 1.38 bits per heavy atom. The van der Waals surface area contributed by atoms with E-state index in [1.54, 1.807) is 12.3 Å². The van der Waals surface area contributed by atoms with Crippen LogP contribution in [0.1, 0.15) is 18.9 Å². The van der Waals surface area contributed by atoms with Crippen LogP contribution >= 0.6 is 0 Å². The molecule has 0 aliphatic rings. The first-order chi connectivity index (χ1) is 11.5. The fraction of sp³-hybridized carbons (Fsp3) is 0.312. The fourth-order valence-electron chi connectivity index (χ4n) is 2.16. The summed E-state index contributed by atoms with van der Waals surface area (Å²) < 4.78 is 19.2. The molecule has 8 heteroatoms. The third kappa shape index (κ3) is 3.96. The Hall–Kier alpha value is -2.74. The molecule has 0 saturated heterocycles. The maximum absolute atomic E-state index is 14.0. The number of carbonyl (C=O) groups is 2. The molecule has 0 saturated carbocycles. The van der Waals surface area contributed by atoms with Gasteiger partial charge in [0.1, 0.15) is 5.82 Å². The number of imidazole rings is 1. The summed E-state index contributed by atoms with van der Waals surface area (Å²) in [5, 5.41) is 5.13. The molecule has 2 rings (SSSR count). The molecule has 0 aliphatic carbocycles. The van der Waals surface area contributed by atoms with Crippen molar-refractivity contribution in [2.75, 3.05) is 19.0 Å². The van der Waals surface area contributed by atoms with Gasteiger partial charge in [0.2, 0.25) is 11.9 Å². The zero-order valence-corrected chi connectivity index (χ0v) is 13.4. The van der Waals surface area contributed by atoms with E-state index >= 15 is 0 Å². The molecule has 7 nitrogen and oxygen atoms in total. The Morgan fingerprint density at radius 2 is 2.12 bits per heavy atom. The van der Waals surface area contributed by atoms with E-state index in [4.69, 9.17) is 4.74 Å². The second kappa shape index (κ2) is 7.69. The summed E-state index contributed by atoms with van der Waals surface area (Å²) in [5.74, 6) is -1.04. The number of methoxy groups -OCH3 is 1. The molecule has 1 heterocycles. The number of nitrogens with one attached hydrogen (secondary N) is 3. The predicted octanol–water partition coefficient (Wildman–Crippen LogP) is 1.56. The van der Waals surface area contributed by atoms with Gasteiger partial charge in [-0.25, -0.2) is 9.37 Å². The van der Waals surface area contributed by atoms with Gasteiger partial charge in [-0.1, -0.05) is 18.2 Å². The highest BCUT2D eigenvalue weighted by molar-refractivity contribution is 5.90. The first-order valence-electron chi connectivity index (χ1n) is 7.35. The number of aromatic amines is 1. The first kappa shape index (κ1) is 17.6. The fourth-order valence-corrected chi connectivity index (χ4v) is 2.16. The van der Waals surface area contributed by atoms with E-state index in [0.717, 1.165) is 0 Å². The van der Waals surface area contributed by atoms with Gasteiger partial charge in [0.15, 0.2) is 5.60 Å². The minimum Gasteiger partial charge on any atom is -0.364 e. The van der Waals surface area contributed by atoms with Crippen LogP contribution in [0.25, 0.3) is 0 Å². The summed E-state index contributed by atoms with van der Waals surface area (Å²) in [6.45, 7) is 1.56. The standard InChI is InChI=1S/C16H19FN4O3/c1-16(24-2,11-5-3-4-6-12(11)17)14(23)18-8-7-13(22)21-15-19-9-10-20-15/h3-6,9-10H,7-8H2,1-2H3,(H,18,23)(H2,19,20,21,22). The highest BCUT2D eigenvalue weighted by Crippen LogP contribution is 2.27. The Labute approximate surface area is 138 Å². The maximum Gasteiger partial charge on any atom is 0.256 e. The van der Waals surface area contributed by atoms with Crippen LogP contribution in [-0.4, -0.2) is 35.4 Å². The van der Waals surface area contributed by atoms with E-state index in [-0.39, 0.29) is 24.4 Å². The first-order valence-corrected chi connectivity index (χ1v) is 7.35. The average Bonchev–Trinajstić information content (AvgIpc) is 3.07. The number of anilines is 1. The number of halogens is 1. The van der Waals surface area contributed by atoms with Crippen LogP contribution in [-0.2, 0) is 19.9 Å². The molecule has 0 fully saturated rings. The number of rotatable bonds is 7. The summed E-state index contributed by atoms with van der Waals surface area (Å²) >= 11 is 0. The van der Waals surface area contributed by atoms with Crippen LogP contribution in [0.2, 0.25) is 0 Å². The molecule has 0 bridgehead atoms. The molecule has 2 aromatic rings. The number of benzene rings is 1. The zero-order valence-electron chi connectivity index (χ0n) is 13.4. The summed E-state index contributed by atoms with van der Waals surface area (Å²) in [5.41, 5.74) is -1.35. The lowest BCUT2D eigenvalue weighted by Crippen LogP contribution is -2.45. The van der Waals surface area contributed by atoms with Crippen LogP contribution in [0.3, 0.4) is 0 Å². The largest absolute Gasteiger partial charge is 0.364 e. The van der Waals surface area contributed by atoms with Crippen LogP contribution < -0.4 is 10.6 Å².